The van der Waals surface area contributed by atoms with Crippen LogP contribution in [0.15, 0.2) is 18.2 Å². The molecule has 1 aromatic carbocycles. The van der Waals surface area contributed by atoms with Gasteiger partial charge in [0, 0.05) is 18.2 Å². The Labute approximate surface area is 126 Å². The van der Waals surface area contributed by atoms with Crippen molar-refractivity contribution in [3.05, 3.63) is 35.4 Å². The van der Waals surface area contributed by atoms with Gasteiger partial charge in [-0.3, -0.25) is 10.0 Å². The van der Waals surface area contributed by atoms with Gasteiger partial charge >= 0.3 is 6.03 Å². The Kier molecular flexibility index (Phi) is 6.71. The molecule has 0 bridgehead atoms. The highest BCUT2D eigenvalue weighted by Gasteiger charge is 2.21. The molecule has 3 amide bonds. The van der Waals surface area contributed by atoms with Crippen molar-refractivity contribution >= 4 is 11.9 Å². The molecule has 0 radical (unpaired) electrons. The number of urea groups is 1. The number of benzene rings is 1. The van der Waals surface area contributed by atoms with Gasteiger partial charge in [-0.15, -0.1) is 0 Å². The summed E-state index contributed by atoms with van der Waals surface area (Å²) >= 11 is 0. The monoisotopic (exact) mass is 315 g/mol. The van der Waals surface area contributed by atoms with E-state index in [9.17, 15) is 18.4 Å². The SMILES string of the molecule is CC(C)C[C@@H](NC(=O)NCc1ccc(F)cc1F)C(=O)NO. The molecule has 0 heterocycles. The molecule has 22 heavy (non-hydrogen) atoms. The van der Waals surface area contributed by atoms with E-state index in [2.05, 4.69) is 10.6 Å². The number of hydroxylamine groups is 1. The highest BCUT2D eigenvalue weighted by molar-refractivity contribution is 5.86. The lowest BCUT2D eigenvalue weighted by atomic mass is 10.0. The fourth-order valence-electron chi connectivity index (χ4n) is 1.83. The highest BCUT2D eigenvalue weighted by atomic mass is 19.1. The van der Waals surface area contributed by atoms with E-state index < -0.39 is 29.6 Å². The lowest BCUT2D eigenvalue weighted by Crippen LogP contribution is -2.49. The first-order valence-corrected chi connectivity index (χ1v) is 6.75. The molecule has 0 spiro atoms. The predicted molar refractivity (Wildman–Crippen MR) is 74.9 cm³/mol. The summed E-state index contributed by atoms with van der Waals surface area (Å²) in [6, 6.07) is 1.41. The summed E-state index contributed by atoms with van der Waals surface area (Å²) in [5.41, 5.74) is 1.60. The molecular formula is C14H19F2N3O3. The predicted octanol–water partition coefficient (Wildman–Crippen LogP) is 1.68. The van der Waals surface area contributed by atoms with Crippen LogP contribution < -0.4 is 16.1 Å². The van der Waals surface area contributed by atoms with Crippen molar-refractivity contribution in [2.24, 2.45) is 5.92 Å². The van der Waals surface area contributed by atoms with Crippen LogP contribution in [0.1, 0.15) is 25.8 Å². The minimum atomic E-state index is -0.914. The lowest BCUT2D eigenvalue weighted by molar-refractivity contribution is -0.131. The number of nitrogens with one attached hydrogen (secondary N) is 3. The molecule has 0 aromatic heterocycles. The number of amides is 3. The van der Waals surface area contributed by atoms with Gasteiger partial charge in [-0.25, -0.2) is 19.1 Å². The van der Waals surface area contributed by atoms with E-state index >= 15 is 0 Å². The summed E-state index contributed by atoms with van der Waals surface area (Å²) in [6.45, 7) is 3.54. The molecule has 4 N–H and O–H groups in total. The second kappa shape index (κ2) is 8.28. The van der Waals surface area contributed by atoms with Crippen LogP contribution in [0.2, 0.25) is 0 Å². The molecule has 0 unspecified atom stereocenters. The van der Waals surface area contributed by atoms with E-state index in [1.807, 2.05) is 13.8 Å². The van der Waals surface area contributed by atoms with E-state index in [1.165, 1.54) is 11.5 Å². The average molecular weight is 315 g/mol. The molecule has 0 aliphatic carbocycles. The molecule has 0 saturated heterocycles. The Morgan fingerprint density at radius 1 is 1.27 bits per heavy atom. The summed E-state index contributed by atoms with van der Waals surface area (Å²) in [4.78, 5) is 23.2. The minimum absolute atomic E-state index is 0.108. The van der Waals surface area contributed by atoms with Crippen LogP contribution in [0.5, 0.6) is 0 Å². The Hall–Kier alpha value is -2.22. The van der Waals surface area contributed by atoms with Gasteiger partial charge in [-0.2, -0.15) is 0 Å². The van der Waals surface area contributed by atoms with Crippen LogP contribution in [-0.2, 0) is 11.3 Å². The summed E-state index contributed by atoms with van der Waals surface area (Å²) < 4.78 is 26.2. The van der Waals surface area contributed by atoms with Crippen molar-refractivity contribution in [1.82, 2.24) is 16.1 Å². The Bertz CT molecular complexity index is 538. The van der Waals surface area contributed by atoms with Crippen molar-refractivity contribution in [1.29, 1.82) is 0 Å². The summed E-state index contributed by atoms with van der Waals surface area (Å²) in [6.07, 6.45) is 0.324. The molecule has 1 aromatic rings. The Morgan fingerprint density at radius 2 is 1.95 bits per heavy atom. The molecule has 1 atom stereocenters. The van der Waals surface area contributed by atoms with Crippen LogP contribution >= 0.6 is 0 Å². The molecule has 0 aliphatic rings. The van der Waals surface area contributed by atoms with Gasteiger partial charge in [0.1, 0.15) is 17.7 Å². The van der Waals surface area contributed by atoms with E-state index in [4.69, 9.17) is 5.21 Å². The number of carbonyl (C=O) groups excluding carboxylic acids is 2. The first-order chi connectivity index (χ1) is 10.3. The largest absolute Gasteiger partial charge is 0.334 e. The van der Waals surface area contributed by atoms with Gasteiger partial charge in [-0.05, 0) is 18.4 Å². The Morgan fingerprint density at radius 3 is 2.50 bits per heavy atom. The van der Waals surface area contributed by atoms with Gasteiger partial charge < -0.3 is 10.6 Å². The smallest absolute Gasteiger partial charge is 0.315 e. The first kappa shape index (κ1) is 17.8. The van der Waals surface area contributed by atoms with Crippen molar-refractivity contribution in [2.75, 3.05) is 0 Å². The second-order valence-corrected chi connectivity index (χ2v) is 5.22. The van der Waals surface area contributed by atoms with Gasteiger partial charge in [0.15, 0.2) is 0 Å². The number of carbonyl (C=O) groups is 2. The fourth-order valence-corrected chi connectivity index (χ4v) is 1.83. The summed E-state index contributed by atoms with van der Waals surface area (Å²) in [5, 5.41) is 13.4. The van der Waals surface area contributed by atoms with Crippen LogP contribution in [-0.4, -0.2) is 23.2 Å². The van der Waals surface area contributed by atoms with Gasteiger partial charge in [-0.1, -0.05) is 19.9 Å². The van der Waals surface area contributed by atoms with Crippen LogP contribution in [0.3, 0.4) is 0 Å². The molecule has 8 heteroatoms. The third-order valence-corrected chi connectivity index (χ3v) is 2.89. The van der Waals surface area contributed by atoms with Crippen molar-refractivity contribution < 1.29 is 23.6 Å². The van der Waals surface area contributed by atoms with E-state index in [1.54, 1.807) is 0 Å². The summed E-state index contributed by atoms with van der Waals surface area (Å²) in [5.74, 6) is -2.11. The molecule has 0 fully saturated rings. The molecular weight excluding hydrogens is 296 g/mol. The topological polar surface area (TPSA) is 90.5 Å². The number of hydrogen-bond donors (Lipinski definition) is 4. The fraction of sp³-hybridized carbons (Fsp3) is 0.429. The van der Waals surface area contributed by atoms with Crippen molar-refractivity contribution in [3.8, 4) is 0 Å². The third-order valence-electron chi connectivity index (χ3n) is 2.89. The maximum absolute atomic E-state index is 13.4. The number of halogens is 2. The summed E-state index contributed by atoms with van der Waals surface area (Å²) in [7, 11) is 0. The van der Waals surface area contributed by atoms with E-state index in [-0.39, 0.29) is 18.0 Å². The zero-order valence-electron chi connectivity index (χ0n) is 12.3. The molecule has 0 saturated carbocycles. The van der Waals surface area contributed by atoms with Crippen LogP contribution in [0, 0.1) is 17.6 Å². The zero-order chi connectivity index (χ0) is 16.7. The highest BCUT2D eigenvalue weighted by Crippen LogP contribution is 2.09. The molecule has 6 nitrogen and oxygen atoms in total. The van der Waals surface area contributed by atoms with E-state index in [0.29, 0.717) is 6.42 Å². The maximum Gasteiger partial charge on any atom is 0.315 e. The van der Waals surface area contributed by atoms with E-state index in [0.717, 1.165) is 12.1 Å². The quantitative estimate of drug-likeness (QED) is 0.475. The number of rotatable bonds is 6. The van der Waals surface area contributed by atoms with Crippen LogP contribution in [0.25, 0.3) is 0 Å². The van der Waals surface area contributed by atoms with Crippen molar-refractivity contribution in [2.45, 2.75) is 32.9 Å². The third kappa shape index (κ3) is 5.65. The molecule has 1 rings (SSSR count). The normalized spacial score (nSPS) is 11.9. The minimum Gasteiger partial charge on any atom is -0.334 e. The molecule has 0 aliphatic heterocycles. The lowest BCUT2D eigenvalue weighted by Gasteiger charge is -2.19. The standard InChI is InChI=1S/C14H19F2N3O3/c1-8(2)5-12(13(20)19-22)18-14(21)17-7-9-3-4-10(15)6-11(9)16/h3-4,6,8,12,22H,5,7H2,1-2H3,(H,19,20)(H2,17,18,21)/t12-/m1/s1. The van der Waals surface area contributed by atoms with Gasteiger partial charge in [0.25, 0.3) is 5.91 Å². The molecule has 122 valence electrons. The first-order valence-electron chi connectivity index (χ1n) is 6.75. The van der Waals surface area contributed by atoms with Gasteiger partial charge in [0.2, 0.25) is 0 Å². The van der Waals surface area contributed by atoms with Gasteiger partial charge in [0.05, 0.1) is 0 Å². The number of hydrogen-bond acceptors (Lipinski definition) is 3. The maximum atomic E-state index is 13.4. The average Bonchev–Trinajstić information content (AvgIpc) is 2.44. The Balaban J connectivity index is 2.58. The van der Waals surface area contributed by atoms with Crippen molar-refractivity contribution in [3.63, 3.8) is 0 Å². The second-order valence-electron chi connectivity index (χ2n) is 5.22. The van der Waals surface area contributed by atoms with Crippen LogP contribution in [0.4, 0.5) is 13.6 Å². The zero-order valence-corrected chi connectivity index (χ0v) is 12.3.